The first-order valence-electron chi connectivity index (χ1n) is 6.60. The van der Waals surface area contributed by atoms with E-state index in [0.717, 1.165) is 32.1 Å². The molecule has 2 nitrogen and oxygen atoms in total. The molecule has 1 rings (SSSR count). The van der Waals surface area contributed by atoms with Crippen molar-refractivity contribution in [1.82, 2.24) is 10.2 Å². The third-order valence-corrected chi connectivity index (χ3v) is 3.77. The van der Waals surface area contributed by atoms with Gasteiger partial charge in [-0.05, 0) is 31.5 Å². The maximum absolute atomic E-state index is 3.52. The van der Waals surface area contributed by atoms with Gasteiger partial charge in [0.1, 0.15) is 0 Å². The Balaban J connectivity index is 2.14. The van der Waals surface area contributed by atoms with Crippen molar-refractivity contribution in [2.24, 2.45) is 5.92 Å². The Morgan fingerprint density at radius 2 is 2.12 bits per heavy atom. The molecule has 0 spiro atoms. The number of rotatable bonds is 8. The third-order valence-electron chi connectivity index (χ3n) is 2.77. The number of aryl methyl sites for hydroxylation is 1. The van der Waals surface area contributed by atoms with Gasteiger partial charge in [-0.25, -0.2) is 0 Å². The standard InChI is InChI=1S/C14H26N2S/c1-5-16(11-12(2)3)9-8-15-10-14-7-6-13(4)17-14/h6-7,12,15H,5,8-11H2,1-4H3. The van der Waals surface area contributed by atoms with Crippen molar-refractivity contribution in [2.75, 3.05) is 26.2 Å². The molecule has 1 aromatic heterocycles. The van der Waals surface area contributed by atoms with Crippen molar-refractivity contribution in [3.8, 4) is 0 Å². The van der Waals surface area contributed by atoms with Crippen LogP contribution < -0.4 is 5.32 Å². The molecule has 0 amide bonds. The highest BCUT2D eigenvalue weighted by Gasteiger charge is 2.04. The lowest BCUT2D eigenvalue weighted by Gasteiger charge is -2.22. The number of nitrogens with one attached hydrogen (secondary N) is 1. The summed E-state index contributed by atoms with van der Waals surface area (Å²) < 4.78 is 0. The molecule has 1 N–H and O–H groups in total. The van der Waals surface area contributed by atoms with Gasteiger partial charge >= 0.3 is 0 Å². The summed E-state index contributed by atoms with van der Waals surface area (Å²) in [5.74, 6) is 0.759. The van der Waals surface area contributed by atoms with E-state index < -0.39 is 0 Å². The lowest BCUT2D eigenvalue weighted by Crippen LogP contribution is -2.34. The molecule has 0 unspecified atom stereocenters. The van der Waals surface area contributed by atoms with Crippen LogP contribution in [0.25, 0.3) is 0 Å². The zero-order valence-electron chi connectivity index (χ0n) is 11.6. The lowest BCUT2D eigenvalue weighted by molar-refractivity contribution is 0.256. The zero-order valence-corrected chi connectivity index (χ0v) is 12.4. The predicted octanol–water partition coefficient (Wildman–Crippen LogP) is 3.12. The Labute approximate surface area is 110 Å². The van der Waals surface area contributed by atoms with Gasteiger partial charge in [0.2, 0.25) is 0 Å². The quantitative estimate of drug-likeness (QED) is 0.717. The summed E-state index contributed by atoms with van der Waals surface area (Å²) in [5.41, 5.74) is 0. The zero-order chi connectivity index (χ0) is 12.7. The van der Waals surface area contributed by atoms with Crippen molar-refractivity contribution >= 4 is 11.3 Å². The third kappa shape index (κ3) is 6.20. The SMILES string of the molecule is CCN(CCNCc1ccc(C)s1)CC(C)C. The first-order chi connectivity index (χ1) is 8.11. The average Bonchev–Trinajstić information content (AvgIpc) is 2.68. The average molecular weight is 254 g/mol. The van der Waals surface area contributed by atoms with Crippen LogP contribution in [0.1, 0.15) is 30.5 Å². The molecule has 0 aliphatic rings. The number of likely N-dealkylation sites (N-methyl/N-ethyl adjacent to an activating group) is 1. The van der Waals surface area contributed by atoms with Crippen molar-refractivity contribution in [3.05, 3.63) is 21.9 Å². The fourth-order valence-electron chi connectivity index (χ4n) is 1.92. The van der Waals surface area contributed by atoms with Gasteiger partial charge in [0, 0.05) is 35.9 Å². The number of hydrogen-bond donors (Lipinski definition) is 1. The smallest absolute Gasteiger partial charge is 0.0300 e. The molecule has 1 heterocycles. The van der Waals surface area contributed by atoms with Crippen LogP contribution in [0.5, 0.6) is 0 Å². The maximum atomic E-state index is 3.52. The van der Waals surface area contributed by atoms with Gasteiger partial charge < -0.3 is 10.2 Å². The van der Waals surface area contributed by atoms with E-state index in [1.807, 2.05) is 11.3 Å². The molecule has 0 bridgehead atoms. The summed E-state index contributed by atoms with van der Waals surface area (Å²) in [5, 5.41) is 3.52. The highest BCUT2D eigenvalue weighted by atomic mass is 32.1. The summed E-state index contributed by atoms with van der Waals surface area (Å²) in [6.45, 7) is 14.6. The first kappa shape index (κ1) is 14.7. The van der Waals surface area contributed by atoms with Crippen LogP contribution in [0.4, 0.5) is 0 Å². The molecule has 0 fully saturated rings. The minimum atomic E-state index is 0.759. The summed E-state index contributed by atoms with van der Waals surface area (Å²) in [4.78, 5) is 5.35. The lowest BCUT2D eigenvalue weighted by atomic mass is 10.2. The number of hydrogen-bond acceptors (Lipinski definition) is 3. The van der Waals surface area contributed by atoms with Crippen LogP contribution in [0.15, 0.2) is 12.1 Å². The summed E-state index contributed by atoms with van der Waals surface area (Å²) in [6.07, 6.45) is 0. The minimum absolute atomic E-state index is 0.759. The molecule has 0 aliphatic heterocycles. The summed E-state index contributed by atoms with van der Waals surface area (Å²) in [6, 6.07) is 4.41. The van der Waals surface area contributed by atoms with Gasteiger partial charge in [-0.1, -0.05) is 20.8 Å². The normalized spacial score (nSPS) is 11.6. The Morgan fingerprint density at radius 3 is 2.65 bits per heavy atom. The first-order valence-corrected chi connectivity index (χ1v) is 7.41. The van der Waals surface area contributed by atoms with E-state index in [4.69, 9.17) is 0 Å². The highest BCUT2D eigenvalue weighted by Crippen LogP contribution is 2.14. The topological polar surface area (TPSA) is 15.3 Å². The molecule has 0 aromatic carbocycles. The maximum Gasteiger partial charge on any atom is 0.0300 e. The van der Waals surface area contributed by atoms with Gasteiger partial charge in [-0.3, -0.25) is 0 Å². The van der Waals surface area contributed by atoms with Crippen molar-refractivity contribution < 1.29 is 0 Å². The Morgan fingerprint density at radius 1 is 1.35 bits per heavy atom. The molecular formula is C14H26N2S. The molecule has 0 radical (unpaired) electrons. The van der Waals surface area contributed by atoms with Crippen molar-refractivity contribution in [3.63, 3.8) is 0 Å². The fourth-order valence-corrected chi connectivity index (χ4v) is 2.78. The van der Waals surface area contributed by atoms with Crippen LogP contribution in [0.2, 0.25) is 0 Å². The molecule has 0 saturated carbocycles. The van der Waals surface area contributed by atoms with Crippen molar-refractivity contribution in [2.45, 2.75) is 34.2 Å². The summed E-state index contributed by atoms with van der Waals surface area (Å²) >= 11 is 1.89. The Kier molecular flexibility index (Phi) is 6.78. The van der Waals surface area contributed by atoms with E-state index in [2.05, 4.69) is 50.0 Å². The monoisotopic (exact) mass is 254 g/mol. The van der Waals surface area contributed by atoms with Gasteiger partial charge in [0.25, 0.3) is 0 Å². The number of nitrogens with zero attached hydrogens (tertiary/aromatic N) is 1. The van der Waals surface area contributed by atoms with Gasteiger partial charge in [-0.15, -0.1) is 11.3 Å². The van der Waals surface area contributed by atoms with E-state index in [1.165, 1.54) is 16.3 Å². The van der Waals surface area contributed by atoms with E-state index in [0.29, 0.717) is 0 Å². The highest BCUT2D eigenvalue weighted by molar-refractivity contribution is 7.11. The molecule has 3 heteroatoms. The molecule has 0 aliphatic carbocycles. The van der Waals surface area contributed by atoms with Gasteiger partial charge in [-0.2, -0.15) is 0 Å². The fraction of sp³-hybridized carbons (Fsp3) is 0.714. The van der Waals surface area contributed by atoms with E-state index in [-0.39, 0.29) is 0 Å². The van der Waals surface area contributed by atoms with Gasteiger partial charge in [0.05, 0.1) is 0 Å². The molecule has 0 atom stereocenters. The molecular weight excluding hydrogens is 228 g/mol. The second kappa shape index (κ2) is 7.85. The largest absolute Gasteiger partial charge is 0.311 e. The van der Waals surface area contributed by atoms with Crippen LogP contribution in [0.3, 0.4) is 0 Å². The summed E-state index contributed by atoms with van der Waals surface area (Å²) in [7, 11) is 0. The van der Waals surface area contributed by atoms with Crippen LogP contribution in [-0.2, 0) is 6.54 Å². The number of thiophene rings is 1. The van der Waals surface area contributed by atoms with Crippen LogP contribution >= 0.6 is 11.3 Å². The molecule has 0 saturated heterocycles. The Bertz CT molecular complexity index is 307. The molecule has 98 valence electrons. The van der Waals surface area contributed by atoms with Crippen molar-refractivity contribution in [1.29, 1.82) is 0 Å². The van der Waals surface area contributed by atoms with E-state index in [9.17, 15) is 0 Å². The van der Waals surface area contributed by atoms with E-state index >= 15 is 0 Å². The Hall–Kier alpha value is -0.380. The van der Waals surface area contributed by atoms with Crippen LogP contribution in [0, 0.1) is 12.8 Å². The second-order valence-corrected chi connectivity index (χ2v) is 6.35. The molecule has 1 aromatic rings. The molecule has 17 heavy (non-hydrogen) atoms. The van der Waals surface area contributed by atoms with Gasteiger partial charge in [0.15, 0.2) is 0 Å². The second-order valence-electron chi connectivity index (χ2n) is 4.98. The van der Waals surface area contributed by atoms with Crippen LogP contribution in [-0.4, -0.2) is 31.1 Å². The van der Waals surface area contributed by atoms with E-state index in [1.54, 1.807) is 0 Å². The minimum Gasteiger partial charge on any atom is -0.311 e. The predicted molar refractivity (Wildman–Crippen MR) is 77.7 cm³/mol.